The number of nitrogens with one attached hydrogen (secondary N) is 1. The number of rotatable bonds is 5. The molecule has 1 aliphatic heterocycles. The zero-order valence-corrected chi connectivity index (χ0v) is 12.5. The first-order chi connectivity index (χ1) is 10.3. The lowest BCUT2D eigenvalue weighted by atomic mass is 9.90. The van der Waals surface area contributed by atoms with E-state index in [9.17, 15) is 4.79 Å². The molecular weight excluding hydrogens is 266 g/mol. The van der Waals surface area contributed by atoms with Crippen LogP contribution in [0.3, 0.4) is 0 Å². The number of H-pyrrole nitrogens is 1. The van der Waals surface area contributed by atoms with Gasteiger partial charge < -0.3 is 14.5 Å². The zero-order valence-electron chi connectivity index (χ0n) is 12.5. The molecule has 1 aromatic carbocycles. The van der Waals surface area contributed by atoms with Gasteiger partial charge in [0.05, 0.1) is 24.0 Å². The molecule has 0 radical (unpaired) electrons. The molecule has 2 unspecified atom stereocenters. The topological polar surface area (TPSA) is 51.3 Å². The Morgan fingerprint density at radius 3 is 3.05 bits per heavy atom. The van der Waals surface area contributed by atoms with E-state index < -0.39 is 0 Å². The molecule has 1 aliphatic rings. The molecule has 0 saturated carbocycles. The van der Waals surface area contributed by atoms with Gasteiger partial charge in [0.15, 0.2) is 5.78 Å². The molecule has 2 aromatic rings. The molecular formula is C17H21NO3. The largest absolute Gasteiger partial charge is 0.493 e. The highest BCUT2D eigenvalue weighted by Gasteiger charge is 2.34. The van der Waals surface area contributed by atoms with E-state index in [0.717, 1.165) is 35.1 Å². The summed E-state index contributed by atoms with van der Waals surface area (Å²) in [5.41, 5.74) is 1.67. The van der Waals surface area contributed by atoms with Crippen LogP contribution in [0.2, 0.25) is 0 Å². The molecule has 1 fully saturated rings. The molecule has 0 amide bonds. The number of aromatic amines is 1. The number of benzene rings is 1. The van der Waals surface area contributed by atoms with Gasteiger partial charge in [-0.05, 0) is 31.9 Å². The molecule has 2 atom stereocenters. The first-order valence-corrected chi connectivity index (χ1v) is 7.65. The molecule has 112 valence electrons. The fourth-order valence-electron chi connectivity index (χ4n) is 3.17. The predicted octanol–water partition coefficient (Wildman–Crippen LogP) is 3.56. The summed E-state index contributed by atoms with van der Waals surface area (Å²) in [6.07, 6.45) is 3.53. The Morgan fingerprint density at radius 1 is 1.43 bits per heavy atom. The molecule has 3 rings (SSSR count). The Morgan fingerprint density at radius 2 is 2.29 bits per heavy atom. The third-order valence-corrected chi connectivity index (χ3v) is 4.18. The Kier molecular flexibility index (Phi) is 3.97. The van der Waals surface area contributed by atoms with Crippen LogP contribution in [0, 0.1) is 5.92 Å². The first kappa shape index (κ1) is 14.1. The van der Waals surface area contributed by atoms with E-state index in [4.69, 9.17) is 9.47 Å². The second-order valence-corrected chi connectivity index (χ2v) is 5.39. The molecule has 21 heavy (non-hydrogen) atoms. The van der Waals surface area contributed by atoms with Crippen molar-refractivity contribution in [1.82, 2.24) is 4.98 Å². The lowest BCUT2D eigenvalue weighted by molar-refractivity contribution is 0.0690. The maximum absolute atomic E-state index is 12.9. The van der Waals surface area contributed by atoms with Gasteiger partial charge in [0.2, 0.25) is 0 Å². The van der Waals surface area contributed by atoms with Crippen molar-refractivity contribution in [2.45, 2.75) is 32.8 Å². The molecule has 1 N–H and O–H groups in total. The van der Waals surface area contributed by atoms with Crippen LogP contribution >= 0.6 is 0 Å². The Labute approximate surface area is 124 Å². The van der Waals surface area contributed by atoms with E-state index in [2.05, 4.69) is 11.9 Å². The van der Waals surface area contributed by atoms with Crippen LogP contribution in [0.25, 0.3) is 10.9 Å². The maximum Gasteiger partial charge on any atom is 0.170 e. The van der Waals surface area contributed by atoms with E-state index in [1.165, 1.54) is 0 Å². The van der Waals surface area contributed by atoms with E-state index in [1.807, 2.05) is 25.1 Å². The third-order valence-electron chi connectivity index (χ3n) is 4.18. The van der Waals surface area contributed by atoms with E-state index >= 15 is 0 Å². The fraction of sp³-hybridized carbons (Fsp3) is 0.471. The number of carbonyl (C=O) groups is 1. The van der Waals surface area contributed by atoms with Crippen LogP contribution in [0.4, 0.5) is 0 Å². The van der Waals surface area contributed by atoms with Gasteiger partial charge in [-0.15, -0.1) is 0 Å². The van der Waals surface area contributed by atoms with Crippen LogP contribution in [0.1, 0.15) is 37.0 Å². The van der Waals surface area contributed by atoms with Crippen molar-refractivity contribution in [2.24, 2.45) is 5.92 Å². The van der Waals surface area contributed by atoms with Crippen LogP contribution in [0.5, 0.6) is 5.75 Å². The van der Waals surface area contributed by atoms with Gasteiger partial charge in [-0.2, -0.15) is 0 Å². The molecule has 2 heterocycles. The first-order valence-electron chi connectivity index (χ1n) is 7.65. The summed E-state index contributed by atoms with van der Waals surface area (Å²) >= 11 is 0. The predicted molar refractivity (Wildman–Crippen MR) is 81.9 cm³/mol. The summed E-state index contributed by atoms with van der Waals surface area (Å²) in [4.78, 5) is 16.1. The van der Waals surface area contributed by atoms with Gasteiger partial charge >= 0.3 is 0 Å². The lowest BCUT2D eigenvalue weighted by Crippen LogP contribution is -2.23. The molecule has 1 aromatic heterocycles. The van der Waals surface area contributed by atoms with Gasteiger partial charge in [0.25, 0.3) is 0 Å². The zero-order chi connectivity index (χ0) is 14.8. The van der Waals surface area contributed by atoms with Crippen molar-refractivity contribution in [3.05, 3.63) is 30.0 Å². The highest BCUT2D eigenvalue weighted by Crippen LogP contribution is 2.33. The van der Waals surface area contributed by atoms with Gasteiger partial charge in [0, 0.05) is 23.9 Å². The number of carbonyl (C=O) groups excluding carboxylic acids is 1. The number of aromatic nitrogens is 1. The standard InChI is InChI=1S/C17H21NO3/c1-3-14-11(8-9-21-14)17(19)12-10-18-13-6-5-7-15(16(12)13)20-4-2/h5-7,10-11,14,18H,3-4,8-9H2,1-2H3. The average Bonchev–Trinajstić information content (AvgIpc) is 3.14. The lowest BCUT2D eigenvalue weighted by Gasteiger charge is -2.15. The van der Waals surface area contributed by atoms with Gasteiger partial charge in [-0.25, -0.2) is 0 Å². The monoisotopic (exact) mass is 287 g/mol. The summed E-state index contributed by atoms with van der Waals surface area (Å²) in [5.74, 6) is 0.896. The average molecular weight is 287 g/mol. The summed E-state index contributed by atoms with van der Waals surface area (Å²) in [6, 6.07) is 5.82. The molecule has 0 spiro atoms. The van der Waals surface area contributed by atoms with E-state index in [-0.39, 0.29) is 17.8 Å². The Bertz CT molecular complexity index is 647. The highest BCUT2D eigenvalue weighted by atomic mass is 16.5. The number of ether oxygens (including phenoxy) is 2. The van der Waals surface area contributed by atoms with Crippen LogP contribution < -0.4 is 4.74 Å². The van der Waals surface area contributed by atoms with Gasteiger partial charge in [-0.3, -0.25) is 4.79 Å². The van der Waals surface area contributed by atoms with Crippen LogP contribution in [-0.4, -0.2) is 30.1 Å². The van der Waals surface area contributed by atoms with Crippen molar-refractivity contribution >= 4 is 16.7 Å². The maximum atomic E-state index is 12.9. The minimum atomic E-state index is -0.0383. The number of fused-ring (bicyclic) bond motifs is 1. The van der Waals surface area contributed by atoms with Crippen molar-refractivity contribution in [3.63, 3.8) is 0 Å². The van der Waals surface area contributed by atoms with Crippen molar-refractivity contribution in [1.29, 1.82) is 0 Å². The second-order valence-electron chi connectivity index (χ2n) is 5.39. The SMILES string of the molecule is CCOc1cccc2[nH]cc(C(=O)C3CCOC3CC)c12. The van der Waals surface area contributed by atoms with Crippen LogP contribution in [-0.2, 0) is 4.74 Å². The summed E-state index contributed by atoms with van der Waals surface area (Å²) < 4.78 is 11.3. The van der Waals surface area contributed by atoms with Gasteiger partial charge in [-0.1, -0.05) is 13.0 Å². The second kappa shape index (κ2) is 5.90. The molecule has 4 heteroatoms. The summed E-state index contributed by atoms with van der Waals surface area (Å²) in [5, 5.41) is 0.895. The number of hydrogen-bond acceptors (Lipinski definition) is 3. The number of Topliss-reactive ketones (excluding diaryl/α,β-unsaturated/α-hetero) is 1. The molecule has 4 nitrogen and oxygen atoms in total. The molecule has 0 aliphatic carbocycles. The normalized spacial score (nSPS) is 21.8. The Hall–Kier alpha value is -1.81. The molecule has 1 saturated heterocycles. The Balaban J connectivity index is 2.02. The summed E-state index contributed by atoms with van der Waals surface area (Å²) in [7, 11) is 0. The number of ketones is 1. The van der Waals surface area contributed by atoms with Crippen molar-refractivity contribution in [3.8, 4) is 5.75 Å². The van der Waals surface area contributed by atoms with Crippen LogP contribution in [0.15, 0.2) is 24.4 Å². The number of hydrogen-bond donors (Lipinski definition) is 1. The molecule has 0 bridgehead atoms. The highest BCUT2D eigenvalue weighted by molar-refractivity contribution is 6.11. The minimum Gasteiger partial charge on any atom is -0.493 e. The van der Waals surface area contributed by atoms with Crippen molar-refractivity contribution < 1.29 is 14.3 Å². The fourth-order valence-corrected chi connectivity index (χ4v) is 3.17. The van der Waals surface area contributed by atoms with Gasteiger partial charge in [0.1, 0.15) is 5.75 Å². The van der Waals surface area contributed by atoms with E-state index in [0.29, 0.717) is 13.2 Å². The summed E-state index contributed by atoms with van der Waals surface area (Å²) in [6.45, 7) is 5.28. The third kappa shape index (κ3) is 2.44. The quantitative estimate of drug-likeness (QED) is 0.855. The minimum absolute atomic E-state index is 0.0383. The van der Waals surface area contributed by atoms with E-state index in [1.54, 1.807) is 6.20 Å². The van der Waals surface area contributed by atoms with Crippen molar-refractivity contribution in [2.75, 3.05) is 13.2 Å². The smallest absolute Gasteiger partial charge is 0.170 e.